The van der Waals surface area contributed by atoms with Crippen LogP contribution in [0.4, 0.5) is 9.18 Å². The van der Waals surface area contributed by atoms with Crippen LogP contribution in [0, 0.1) is 5.82 Å². The Kier molecular flexibility index (Phi) is 9.13. The molecule has 2 atom stereocenters. The van der Waals surface area contributed by atoms with E-state index < -0.39 is 78.1 Å². The summed E-state index contributed by atoms with van der Waals surface area (Å²) in [6, 6.07) is 2.57. The first-order valence-corrected chi connectivity index (χ1v) is 14.6. The lowest BCUT2D eigenvalue weighted by Crippen LogP contribution is -2.60. The molecule has 0 saturated carbocycles. The summed E-state index contributed by atoms with van der Waals surface area (Å²) in [5.74, 6) is -7.54. The number of carbonyl (C=O) groups is 5. The van der Waals surface area contributed by atoms with Crippen LogP contribution in [0.1, 0.15) is 34.5 Å². The maximum atomic E-state index is 15.0. The summed E-state index contributed by atoms with van der Waals surface area (Å²) in [6.45, 7) is 1.59. The maximum Gasteiger partial charge on any atom is 0.547 e. The molecule has 2 aliphatic rings. The van der Waals surface area contributed by atoms with Gasteiger partial charge in [-0.2, -0.15) is 0 Å². The van der Waals surface area contributed by atoms with E-state index in [1.165, 1.54) is 23.1 Å². The third-order valence-electron chi connectivity index (χ3n) is 6.86. The first-order chi connectivity index (χ1) is 20.1. The van der Waals surface area contributed by atoms with Crippen LogP contribution in [0.5, 0.6) is 5.75 Å². The lowest BCUT2D eigenvalue weighted by atomic mass is 9.72. The van der Waals surface area contributed by atoms with Gasteiger partial charge in [0.1, 0.15) is 17.1 Å². The van der Waals surface area contributed by atoms with Gasteiger partial charge in [-0.15, -0.1) is 0 Å². The monoisotopic (exact) mass is 640 g/mol. The molecule has 43 heavy (non-hydrogen) atoms. The number of amides is 5. The highest BCUT2D eigenvalue weighted by Gasteiger charge is 2.42. The number of hydrogen-bond donors (Lipinski definition) is 6. The molecule has 0 bridgehead atoms. The number of hydrogen-bond acceptors (Lipinski definition) is 8. The number of aromatic carboxylic acids is 1. The highest BCUT2D eigenvalue weighted by Crippen LogP contribution is 2.38. The third-order valence-corrected chi connectivity index (χ3v) is 8.22. The topological polar surface area (TPSA) is 223 Å². The second-order valence-electron chi connectivity index (χ2n) is 9.50. The van der Waals surface area contributed by atoms with Crippen molar-refractivity contribution < 1.29 is 57.5 Å². The summed E-state index contributed by atoms with van der Waals surface area (Å²) < 4.78 is 32.0. The number of urea groups is 1. The van der Waals surface area contributed by atoms with Gasteiger partial charge in [0.15, 0.2) is 5.82 Å². The van der Waals surface area contributed by atoms with Crippen LogP contribution in [0.15, 0.2) is 30.3 Å². The minimum Gasteiger partial charge on any atom is -0.534 e. The predicted octanol–water partition coefficient (Wildman–Crippen LogP) is -0.439. The first-order valence-electron chi connectivity index (χ1n) is 12.6. The summed E-state index contributed by atoms with van der Waals surface area (Å²) in [4.78, 5) is 83.7. The first kappa shape index (κ1) is 31.9. The minimum atomic E-state index is -5.14. The Morgan fingerprint density at radius 1 is 1.19 bits per heavy atom. The highest BCUT2D eigenvalue weighted by molar-refractivity contribution is 7.60. The van der Waals surface area contributed by atoms with Crippen LogP contribution in [-0.4, -0.2) is 92.1 Å². The second-order valence-corrected chi connectivity index (χ2v) is 11.4. The molecule has 4 rings (SSSR count). The van der Waals surface area contributed by atoms with Gasteiger partial charge in [-0.3, -0.25) is 23.8 Å². The number of nitrogens with one attached hydrogen (secondary N) is 2. The molecular formula is C24H24BClFN4O11P. The molecule has 0 spiro atoms. The van der Waals surface area contributed by atoms with E-state index >= 15 is 0 Å². The second kappa shape index (κ2) is 12.3. The van der Waals surface area contributed by atoms with Crippen molar-refractivity contribution in [3.8, 4) is 5.75 Å². The molecule has 19 heteroatoms. The number of nitrogens with zero attached hydrogens (tertiary/aromatic N) is 2. The van der Waals surface area contributed by atoms with Crippen LogP contribution >= 0.6 is 19.2 Å². The zero-order chi connectivity index (χ0) is 31.8. The number of piperazine rings is 1. The molecule has 0 aliphatic carbocycles. The van der Waals surface area contributed by atoms with Crippen LogP contribution in [0.2, 0.25) is 5.02 Å². The fourth-order valence-corrected chi connectivity index (χ4v) is 5.62. The SMILES string of the molecule is CCN1CCN(C(=O)N[C@@H](C(=O)N[C@H]2Cc3cccc(C(=O)O)c3OB2O)c2ccc(P(=O)(O)O)c(F)c2Cl)C(=O)C1=O. The highest BCUT2D eigenvalue weighted by atomic mass is 35.5. The van der Waals surface area contributed by atoms with Crippen molar-refractivity contribution in [2.24, 2.45) is 0 Å². The van der Waals surface area contributed by atoms with Crippen molar-refractivity contribution >= 4 is 61.3 Å². The molecule has 1 saturated heterocycles. The van der Waals surface area contributed by atoms with Gasteiger partial charge in [-0.25, -0.2) is 14.0 Å². The molecule has 2 heterocycles. The Hall–Kier alpha value is -4.02. The van der Waals surface area contributed by atoms with E-state index in [4.69, 9.17) is 16.3 Å². The number of benzene rings is 2. The molecule has 0 unspecified atom stereocenters. The van der Waals surface area contributed by atoms with E-state index in [1.807, 2.05) is 0 Å². The van der Waals surface area contributed by atoms with E-state index in [0.29, 0.717) is 16.5 Å². The average Bonchev–Trinajstić information content (AvgIpc) is 2.94. The van der Waals surface area contributed by atoms with Crippen molar-refractivity contribution in [2.75, 3.05) is 19.6 Å². The Labute approximate surface area is 247 Å². The number of rotatable bonds is 7. The third kappa shape index (κ3) is 6.35. The van der Waals surface area contributed by atoms with Crippen molar-refractivity contribution in [3.63, 3.8) is 0 Å². The van der Waals surface area contributed by atoms with Crippen molar-refractivity contribution in [3.05, 3.63) is 57.9 Å². The molecule has 228 valence electrons. The summed E-state index contributed by atoms with van der Waals surface area (Å²) in [6.07, 6.45) is -0.144. The van der Waals surface area contributed by atoms with Crippen molar-refractivity contribution in [1.82, 2.24) is 20.4 Å². The Balaban J connectivity index is 1.66. The Bertz CT molecular complexity index is 1570. The normalized spacial score (nSPS) is 17.6. The van der Waals surface area contributed by atoms with Gasteiger partial charge in [0.2, 0.25) is 5.91 Å². The Morgan fingerprint density at radius 3 is 2.51 bits per heavy atom. The lowest BCUT2D eigenvalue weighted by molar-refractivity contribution is -0.153. The predicted molar refractivity (Wildman–Crippen MR) is 146 cm³/mol. The molecule has 1 fully saturated rings. The molecule has 15 nitrogen and oxygen atoms in total. The van der Waals surface area contributed by atoms with Gasteiger partial charge >= 0.3 is 38.5 Å². The fourth-order valence-electron chi connectivity index (χ4n) is 4.64. The molecular weight excluding hydrogens is 617 g/mol. The van der Waals surface area contributed by atoms with Gasteiger partial charge in [-0.05, 0) is 31.0 Å². The average molecular weight is 641 g/mol. The van der Waals surface area contributed by atoms with Gasteiger partial charge in [-0.1, -0.05) is 29.8 Å². The van der Waals surface area contributed by atoms with Crippen LogP contribution in [0.25, 0.3) is 0 Å². The number of imide groups is 1. The number of carbonyl (C=O) groups excluding carboxylic acids is 4. The lowest BCUT2D eigenvalue weighted by Gasteiger charge is -2.33. The number of para-hydroxylation sites is 1. The van der Waals surface area contributed by atoms with E-state index in [-0.39, 0.29) is 37.4 Å². The number of likely N-dealkylation sites (N-methyl/N-ethyl adjacent to an activating group) is 1. The fraction of sp³-hybridized carbons (Fsp3) is 0.292. The summed E-state index contributed by atoms with van der Waals surface area (Å²) >= 11 is 6.07. The number of carboxylic acid groups (broad SMARTS) is 1. The van der Waals surface area contributed by atoms with Gasteiger partial charge in [0, 0.05) is 25.2 Å². The van der Waals surface area contributed by atoms with Gasteiger partial charge < -0.3 is 40.1 Å². The van der Waals surface area contributed by atoms with Crippen LogP contribution < -0.4 is 20.6 Å². The van der Waals surface area contributed by atoms with E-state index in [2.05, 4.69) is 10.6 Å². The molecule has 2 aromatic carbocycles. The molecule has 2 aliphatic heterocycles. The van der Waals surface area contributed by atoms with E-state index in [1.54, 1.807) is 6.92 Å². The van der Waals surface area contributed by atoms with Crippen LogP contribution in [0.3, 0.4) is 0 Å². The smallest absolute Gasteiger partial charge is 0.534 e. The number of fused-ring (bicyclic) bond motifs is 1. The largest absolute Gasteiger partial charge is 0.547 e. The maximum absolute atomic E-state index is 15.0. The summed E-state index contributed by atoms with van der Waals surface area (Å²) in [7, 11) is -6.92. The van der Waals surface area contributed by atoms with Crippen molar-refractivity contribution in [1.29, 1.82) is 0 Å². The molecule has 5 amide bonds. The molecule has 6 N–H and O–H groups in total. The minimum absolute atomic E-state index is 0.00106. The Morgan fingerprint density at radius 2 is 1.88 bits per heavy atom. The van der Waals surface area contributed by atoms with Crippen LogP contribution in [-0.2, 0) is 25.4 Å². The molecule has 0 aromatic heterocycles. The van der Waals surface area contributed by atoms with Gasteiger partial charge in [0.05, 0.1) is 16.5 Å². The summed E-state index contributed by atoms with van der Waals surface area (Å²) in [5.41, 5.74) is -0.404. The van der Waals surface area contributed by atoms with Gasteiger partial charge in [0.25, 0.3) is 0 Å². The zero-order valence-corrected chi connectivity index (χ0v) is 23.8. The quantitative estimate of drug-likeness (QED) is 0.129. The zero-order valence-electron chi connectivity index (χ0n) is 22.2. The van der Waals surface area contributed by atoms with Crippen molar-refractivity contribution in [2.45, 2.75) is 25.3 Å². The number of carboxylic acids is 1. The standard InChI is InChI=1S/C24H24BClFN4O11P/c1-2-30-8-9-31(22(34)21(30)33)24(37)29-18(12-6-7-14(43(39,40)41)17(27)16(12)26)20(32)28-15-10-11-4-3-5-13(23(35)36)19(11)42-25(15)38/h3-7,15,18,38H,2,8-10H2,1H3,(H,28,32)(H,29,37)(H,35,36)(H2,39,40,41)/t15-,18+/m0/s1. The molecule has 2 aromatic rings. The number of halogens is 2. The molecule has 0 radical (unpaired) electrons. The summed E-state index contributed by atoms with van der Waals surface area (Å²) in [5, 5.41) is 22.5. The van der Waals surface area contributed by atoms with E-state index in [0.717, 1.165) is 6.07 Å². The van der Waals surface area contributed by atoms with E-state index in [9.17, 15) is 52.8 Å².